The van der Waals surface area contributed by atoms with Gasteiger partial charge in [0.2, 0.25) is 0 Å². The van der Waals surface area contributed by atoms with Crippen LogP contribution >= 0.6 is 24.0 Å². The number of hydrogen-bond acceptors (Lipinski definition) is 5. The lowest BCUT2D eigenvalue weighted by Crippen LogP contribution is -2.43. The Labute approximate surface area is 227 Å². The van der Waals surface area contributed by atoms with E-state index in [0.717, 1.165) is 27.5 Å². The average Bonchev–Trinajstić information content (AvgIpc) is 2.79. The number of thioether (sulfide) groups is 1. The normalized spacial score (nSPS) is 22.7. The van der Waals surface area contributed by atoms with Gasteiger partial charge in [0.25, 0.3) is 0 Å². The van der Waals surface area contributed by atoms with E-state index in [0.29, 0.717) is 12.8 Å². The molecule has 1 aliphatic carbocycles. The van der Waals surface area contributed by atoms with Crippen molar-refractivity contribution in [1.82, 2.24) is 0 Å². The van der Waals surface area contributed by atoms with Crippen LogP contribution in [0.3, 0.4) is 0 Å². The van der Waals surface area contributed by atoms with Crippen LogP contribution in [0.15, 0.2) is 60.4 Å². The number of Topliss-reactive ketones (excluding diaryl/α,β-unsaturated/α-hetero) is 1. The molecule has 0 bridgehead atoms. The highest BCUT2D eigenvalue weighted by atomic mass is 32.2. The van der Waals surface area contributed by atoms with Crippen LogP contribution in [0.4, 0.5) is 0 Å². The van der Waals surface area contributed by atoms with Crippen molar-refractivity contribution in [1.29, 1.82) is 0 Å². The Balaban J connectivity index is 1.55. The molecule has 1 aromatic rings. The third kappa shape index (κ3) is 7.20. The van der Waals surface area contributed by atoms with Crippen molar-refractivity contribution < 1.29 is 14.6 Å². The second-order valence-corrected chi connectivity index (χ2v) is 14.4. The summed E-state index contributed by atoms with van der Waals surface area (Å²) in [6, 6.07) is 10.3. The van der Waals surface area contributed by atoms with Gasteiger partial charge in [-0.1, -0.05) is 103 Å². The summed E-state index contributed by atoms with van der Waals surface area (Å²) < 4.78 is 6.83. The number of carbonyl (C=O) groups excluding carboxylic acids is 1. The summed E-state index contributed by atoms with van der Waals surface area (Å²) in [4.78, 5) is 13.3. The molecule has 3 rings (SSSR count). The average molecular weight is 527 g/mol. The fourth-order valence-electron chi connectivity index (χ4n) is 4.97. The molecule has 5 heteroatoms. The summed E-state index contributed by atoms with van der Waals surface area (Å²) in [5, 5.41) is 10.8. The van der Waals surface area contributed by atoms with Gasteiger partial charge in [-0.2, -0.15) is 0 Å². The maximum atomic E-state index is 13.3. The van der Waals surface area contributed by atoms with E-state index in [9.17, 15) is 9.90 Å². The minimum atomic E-state index is -0.690. The highest BCUT2D eigenvalue weighted by molar-refractivity contribution is 8.25. The fraction of sp³-hybridized carbons (Fsp3) is 0.548. The summed E-state index contributed by atoms with van der Waals surface area (Å²) in [5.41, 5.74) is 1.72. The first-order valence-electron chi connectivity index (χ1n) is 12.9. The Bertz CT molecular complexity index is 1040. The minimum absolute atomic E-state index is 0.0492. The van der Waals surface area contributed by atoms with Crippen molar-refractivity contribution in [2.24, 2.45) is 22.2 Å². The highest BCUT2D eigenvalue weighted by Gasteiger charge is 2.45. The Morgan fingerprint density at radius 1 is 1.08 bits per heavy atom. The van der Waals surface area contributed by atoms with Gasteiger partial charge in [0.05, 0.1) is 10.3 Å². The monoisotopic (exact) mass is 526 g/mol. The molecule has 1 N–H and O–H groups in total. The van der Waals surface area contributed by atoms with E-state index < -0.39 is 11.5 Å². The number of hydrogen-bond donors (Lipinski definition) is 1. The molecule has 0 amide bonds. The molecule has 36 heavy (non-hydrogen) atoms. The largest absolute Gasteiger partial charge is 0.491 e. The Morgan fingerprint density at radius 3 is 2.36 bits per heavy atom. The lowest BCUT2D eigenvalue weighted by molar-refractivity contribution is -0.137. The number of benzene rings is 1. The van der Waals surface area contributed by atoms with Crippen molar-refractivity contribution >= 4 is 39.5 Å². The number of ketones is 1. The smallest absolute Gasteiger partial charge is 0.139 e. The van der Waals surface area contributed by atoms with E-state index in [2.05, 4.69) is 78.8 Å². The van der Waals surface area contributed by atoms with Crippen LogP contribution in [0, 0.1) is 22.2 Å². The zero-order chi connectivity index (χ0) is 26.7. The van der Waals surface area contributed by atoms with Crippen molar-refractivity contribution in [2.45, 2.75) is 79.1 Å². The second-order valence-electron chi connectivity index (χ2n) is 12.6. The molecule has 196 valence electrons. The number of carbonyl (C=O) groups is 1. The molecule has 4 atom stereocenters. The van der Waals surface area contributed by atoms with Crippen molar-refractivity contribution in [3.05, 3.63) is 66.0 Å². The summed E-state index contributed by atoms with van der Waals surface area (Å²) in [5.74, 6) is 1.22. The highest BCUT2D eigenvalue weighted by Crippen LogP contribution is 2.48. The van der Waals surface area contributed by atoms with Gasteiger partial charge in [-0.15, -0.1) is 11.8 Å². The summed E-state index contributed by atoms with van der Waals surface area (Å²) >= 11 is 7.38. The molecule has 1 aliphatic heterocycles. The maximum absolute atomic E-state index is 13.3. The topological polar surface area (TPSA) is 46.5 Å². The number of thiocarbonyl (C=S) groups is 1. The lowest BCUT2D eigenvalue weighted by Gasteiger charge is -2.44. The van der Waals surface area contributed by atoms with E-state index in [1.807, 2.05) is 24.3 Å². The van der Waals surface area contributed by atoms with E-state index in [-0.39, 0.29) is 34.4 Å². The van der Waals surface area contributed by atoms with Gasteiger partial charge in [-0.25, -0.2) is 0 Å². The van der Waals surface area contributed by atoms with Crippen LogP contribution in [-0.4, -0.2) is 33.0 Å². The number of fused-ring (bicyclic) bond motifs is 1. The van der Waals surface area contributed by atoms with E-state index in [1.54, 1.807) is 11.8 Å². The SMILES string of the molecule is CC(C)(C)CC(C)(C(=O)CCC(O)COC1=CC2SC(=S)C(c3ccccc3)=CC2C=C1)C(C)(C)C. The van der Waals surface area contributed by atoms with Gasteiger partial charge in [0, 0.05) is 28.6 Å². The van der Waals surface area contributed by atoms with Gasteiger partial charge in [0.15, 0.2) is 0 Å². The number of allylic oxidation sites excluding steroid dienone is 3. The third-order valence-corrected chi connectivity index (χ3v) is 9.06. The first-order chi connectivity index (χ1) is 16.7. The standard InChI is InChI=1S/C31H42O3S2/c1-29(2,3)20-31(7,30(4,5)6)27(33)16-14-23(32)19-34-24-15-13-22-17-25(21-11-9-8-10-12-21)28(35)36-26(22)18-24/h8-13,15,17-18,22-23,26,32H,14,16,19-20H2,1-7H3. The van der Waals surface area contributed by atoms with Crippen LogP contribution in [0.25, 0.3) is 5.57 Å². The Hall–Kier alpha value is -1.69. The predicted molar refractivity (Wildman–Crippen MR) is 157 cm³/mol. The molecule has 3 nitrogen and oxygen atoms in total. The zero-order valence-electron chi connectivity index (χ0n) is 22.8. The van der Waals surface area contributed by atoms with Gasteiger partial charge in [-0.05, 0) is 41.4 Å². The Kier molecular flexibility index (Phi) is 9.12. The molecular weight excluding hydrogens is 484 g/mol. The first-order valence-corrected chi connectivity index (χ1v) is 14.2. The van der Waals surface area contributed by atoms with Gasteiger partial charge in [0.1, 0.15) is 18.1 Å². The molecule has 2 aliphatic rings. The van der Waals surface area contributed by atoms with Gasteiger partial charge < -0.3 is 9.84 Å². The maximum Gasteiger partial charge on any atom is 0.139 e. The number of rotatable bonds is 9. The molecule has 0 spiro atoms. The molecule has 0 radical (unpaired) electrons. The third-order valence-electron chi connectivity index (χ3n) is 7.40. The van der Waals surface area contributed by atoms with E-state index in [4.69, 9.17) is 17.0 Å². The number of aliphatic hydroxyl groups is 1. The molecule has 0 saturated heterocycles. The number of ether oxygens (including phenoxy) is 1. The summed E-state index contributed by atoms with van der Waals surface area (Å²) in [6.07, 6.45) is 9.34. The first kappa shape index (κ1) is 28.9. The minimum Gasteiger partial charge on any atom is -0.491 e. The predicted octanol–water partition coefficient (Wildman–Crippen LogP) is 7.80. The van der Waals surface area contributed by atoms with Crippen LogP contribution in [0.1, 0.15) is 73.3 Å². The van der Waals surface area contributed by atoms with Crippen LogP contribution < -0.4 is 0 Å². The fourth-order valence-corrected chi connectivity index (χ4v) is 6.58. The zero-order valence-corrected chi connectivity index (χ0v) is 24.5. The number of aliphatic hydroxyl groups excluding tert-OH is 1. The molecule has 0 saturated carbocycles. The molecule has 1 heterocycles. The summed E-state index contributed by atoms with van der Waals surface area (Å²) in [7, 11) is 0. The van der Waals surface area contributed by atoms with Crippen LogP contribution in [-0.2, 0) is 9.53 Å². The van der Waals surface area contributed by atoms with Gasteiger partial charge >= 0.3 is 0 Å². The lowest BCUT2D eigenvalue weighted by atomic mass is 9.58. The molecule has 0 fully saturated rings. The quantitative estimate of drug-likeness (QED) is 0.333. The van der Waals surface area contributed by atoms with E-state index in [1.165, 1.54) is 0 Å². The Morgan fingerprint density at radius 2 is 1.75 bits per heavy atom. The molecule has 1 aromatic carbocycles. The van der Waals surface area contributed by atoms with E-state index >= 15 is 0 Å². The summed E-state index contributed by atoms with van der Waals surface area (Å²) in [6.45, 7) is 15.2. The molecule has 4 unspecified atom stereocenters. The van der Waals surface area contributed by atoms with Crippen molar-refractivity contribution in [3.8, 4) is 0 Å². The van der Waals surface area contributed by atoms with Gasteiger partial charge in [-0.3, -0.25) is 4.79 Å². The van der Waals surface area contributed by atoms with Crippen molar-refractivity contribution in [3.63, 3.8) is 0 Å². The molecule has 0 aromatic heterocycles. The second kappa shape index (κ2) is 11.4. The van der Waals surface area contributed by atoms with Crippen molar-refractivity contribution in [2.75, 3.05) is 6.61 Å². The van der Waals surface area contributed by atoms with Crippen LogP contribution in [0.2, 0.25) is 0 Å². The molecular formula is C31H42O3S2. The van der Waals surface area contributed by atoms with Crippen LogP contribution in [0.5, 0.6) is 0 Å².